The molecule has 1 aromatic rings. The van der Waals surface area contributed by atoms with Gasteiger partial charge in [0.1, 0.15) is 0 Å². The van der Waals surface area contributed by atoms with Gasteiger partial charge in [-0.25, -0.2) is 0 Å². The van der Waals surface area contributed by atoms with E-state index in [4.69, 9.17) is 11.6 Å². The molecule has 2 rings (SSSR count). The van der Waals surface area contributed by atoms with Crippen molar-refractivity contribution in [3.8, 4) is 0 Å². The fourth-order valence-electron chi connectivity index (χ4n) is 2.63. The third-order valence-electron chi connectivity index (χ3n) is 3.88. The van der Waals surface area contributed by atoms with E-state index in [1.54, 1.807) is 6.92 Å². The Bertz CT molecular complexity index is 507. The van der Waals surface area contributed by atoms with Crippen LogP contribution in [0.1, 0.15) is 24.5 Å². The van der Waals surface area contributed by atoms with Gasteiger partial charge in [-0.1, -0.05) is 18.5 Å². The number of halogens is 1. The molecule has 0 saturated carbocycles. The fourth-order valence-corrected chi connectivity index (χ4v) is 2.86. The SMILES string of the molecule is CC[C@H]1CN(Cc2cc(Cl)cc([N+](=O)[O-])c2C)CCN1. The average Bonchev–Trinajstić information content (AvgIpc) is 2.42. The van der Waals surface area contributed by atoms with Crippen LogP contribution in [0.4, 0.5) is 5.69 Å². The van der Waals surface area contributed by atoms with Gasteiger partial charge in [0.05, 0.1) is 4.92 Å². The van der Waals surface area contributed by atoms with Gasteiger partial charge in [0.25, 0.3) is 5.69 Å². The topological polar surface area (TPSA) is 58.4 Å². The average molecular weight is 298 g/mol. The molecule has 0 spiro atoms. The smallest absolute Gasteiger partial charge is 0.274 e. The van der Waals surface area contributed by atoms with Gasteiger partial charge in [-0.15, -0.1) is 0 Å². The van der Waals surface area contributed by atoms with Crippen molar-refractivity contribution in [1.82, 2.24) is 10.2 Å². The van der Waals surface area contributed by atoms with Crippen molar-refractivity contribution in [2.24, 2.45) is 0 Å². The zero-order valence-electron chi connectivity index (χ0n) is 11.9. The van der Waals surface area contributed by atoms with Crippen molar-refractivity contribution >= 4 is 17.3 Å². The van der Waals surface area contributed by atoms with E-state index in [1.165, 1.54) is 6.07 Å². The van der Waals surface area contributed by atoms with E-state index in [0.717, 1.165) is 31.6 Å². The highest BCUT2D eigenvalue weighted by Gasteiger charge is 2.21. The highest BCUT2D eigenvalue weighted by atomic mass is 35.5. The number of piperazine rings is 1. The molecule has 1 saturated heterocycles. The summed E-state index contributed by atoms with van der Waals surface area (Å²) in [6.07, 6.45) is 1.09. The third kappa shape index (κ3) is 3.48. The Balaban J connectivity index is 2.18. The molecule has 1 aliphatic rings. The molecule has 1 N–H and O–H groups in total. The van der Waals surface area contributed by atoms with Crippen LogP contribution in [0.2, 0.25) is 5.02 Å². The third-order valence-corrected chi connectivity index (χ3v) is 4.09. The number of hydrogen-bond donors (Lipinski definition) is 1. The first kappa shape index (κ1) is 15.2. The Labute approximate surface area is 124 Å². The van der Waals surface area contributed by atoms with Crippen LogP contribution in [0.3, 0.4) is 0 Å². The van der Waals surface area contributed by atoms with Crippen molar-refractivity contribution in [2.75, 3.05) is 19.6 Å². The summed E-state index contributed by atoms with van der Waals surface area (Å²) in [5, 5.41) is 14.9. The zero-order valence-corrected chi connectivity index (χ0v) is 12.6. The van der Waals surface area contributed by atoms with Crippen molar-refractivity contribution < 1.29 is 4.92 Å². The minimum atomic E-state index is -0.364. The molecule has 20 heavy (non-hydrogen) atoms. The van der Waals surface area contributed by atoms with E-state index in [2.05, 4.69) is 17.1 Å². The first-order valence-electron chi connectivity index (χ1n) is 6.90. The second kappa shape index (κ2) is 6.52. The molecule has 1 atom stereocenters. The molecule has 0 unspecified atom stereocenters. The zero-order chi connectivity index (χ0) is 14.7. The Morgan fingerprint density at radius 2 is 2.30 bits per heavy atom. The first-order chi connectivity index (χ1) is 9.51. The predicted octanol–water partition coefficient (Wildman–Crippen LogP) is 2.74. The number of nitro benzene ring substituents is 1. The first-order valence-corrected chi connectivity index (χ1v) is 7.28. The number of nitrogens with zero attached hydrogens (tertiary/aromatic N) is 2. The number of nitro groups is 1. The van der Waals surface area contributed by atoms with Gasteiger partial charge in [-0.2, -0.15) is 0 Å². The Morgan fingerprint density at radius 3 is 2.95 bits per heavy atom. The van der Waals surface area contributed by atoms with Crippen LogP contribution in [0.25, 0.3) is 0 Å². The van der Waals surface area contributed by atoms with E-state index >= 15 is 0 Å². The summed E-state index contributed by atoms with van der Waals surface area (Å²) in [6, 6.07) is 3.76. The monoisotopic (exact) mass is 297 g/mol. The Hall–Kier alpha value is -1.17. The second-order valence-corrected chi connectivity index (χ2v) is 5.70. The molecular weight excluding hydrogens is 278 g/mol. The van der Waals surface area contributed by atoms with E-state index in [9.17, 15) is 10.1 Å². The largest absolute Gasteiger partial charge is 0.311 e. The van der Waals surface area contributed by atoms with Crippen LogP contribution >= 0.6 is 11.6 Å². The van der Waals surface area contributed by atoms with Gasteiger partial charge in [0.15, 0.2) is 0 Å². The lowest BCUT2D eigenvalue weighted by molar-refractivity contribution is -0.385. The fraction of sp³-hybridized carbons (Fsp3) is 0.571. The molecule has 0 aliphatic carbocycles. The Kier molecular flexibility index (Phi) is 4.96. The van der Waals surface area contributed by atoms with Crippen LogP contribution in [0.5, 0.6) is 0 Å². The van der Waals surface area contributed by atoms with E-state index in [1.807, 2.05) is 6.07 Å². The number of rotatable bonds is 4. The summed E-state index contributed by atoms with van der Waals surface area (Å²) in [6.45, 7) is 7.55. The lowest BCUT2D eigenvalue weighted by atomic mass is 10.0. The van der Waals surface area contributed by atoms with Crippen LogP contribution < -0.4 is 5.32 Å². The normalized spacial score (nSPS) is 20.1. The number of nitrogens with one attached hydrogen (secondary N) is 1. The molecule has 6 heteroatoms. The standard InChI is InChI=1S/C14H20ClN3O2/c1-3-13-9-17(5-4-16-13)8-11-6-12(15)7-14(10(11)2)18(19)20/h6-7,13,16H,3-5,8-9H2,1-2H3/t13-/m0/s1. The molecule has 5 nitrogen and oxygen atoms in total. The number of benzene rings is 1. The summed E-state index contributed by atoms with van der Waals surface area (Å²) in [5.41, 5.74) is 1.77. The van der Waals surface area contributed by atoms with Crippen LogP contribution in [0.15, 0.2) is 12.1 Å². The van der Waals surface area contributed by atoms with Crippen molar-refractivity contribution in [3.63, 3.8) is 0 Å². The summed E-state index contributed by atoms with van der Waals surface area (Å²) in [4.78, 5) is 13.0. The van der Waals surface area contributed by atoms with Gasteiger partial charge in [-0.3, -0.25) is 15.0 Å². The summed E-state index contributed by atoms with van der Waals surface area (Å²) in [5.74, 6) is 0. The molecule has 0 radical (unpaired) electrons. The molecule has 1 aromatic carbocycles. The van der Waals surface area contributed by atoms with Gasteiger partial charge >= 0.3 is 0 Å². The van der Waals surface area contributed by atoms with E-state index < -0.39 is 0 Å². The van der Waals surface area contributed by atoms with Gasteiger partial charge in [-0.05, 0) is 25.0 Å². The minimum absolute atomic E-state index is 0.106. The molecule has 1 aliphatic heterocycles. The van der Waals surface area contributed by atoms with Gasteiger partial charge in [0.2, 0.25) is 0 Å². The molecule has 0 bridgehead atoms. The van der Waals surface area contributed by atoms with Crippen molar-refractivity contribution in [3.05, 3.63) is 38.4 Å². The molecule has 0 amide bonds. The maximum atomic E-state index is 11.0. The van der Waals surface area contributed by atoms with Crippen LogP contribution in [-0.2, 0) is 6.54 Å². The minimum Gasteiger partial charge on any atom is -0.311 e. The quantitative estimate of drug-likeness (QED) is 0.686. The lowest BCUT2D eigenvalue weighted by Crippen LogP contribution is -2.49. The lowest BCUT2D eigenvalue weighted by Gasteiger charge is -2.33. The van der Waals surface area contributed by atoms with Crippen LogP contribution in [0, 0.1) is 17.0 Å². The highest BCUT2D eigenvalue weighted by molar-refractivity contribution is 6.30. The maximum absolute atomic E-state index is 11.0. The number of hydrogen-bond acceptors (Lipinski definition) is 4. The maximum Gasteiger partial charge on any atom is 0.274 e. The van der Waals surface area contributed by atoms with Gasteiger partial charge in [0, 0.05) is 48.9 Å². The second-order valence-electron chi connectivity index (χ2n) is 5.26. The Morgan fingerprint density at radius 1 is 1.55 bits per heavy atom. The summed E-state index contributed by atoms with van der Waals surface area (Å²) >= 11 is 6.00. The van der Waals surface area contributed by atoms with E-state index in [0.29, 0.717) is 23.2 Å². The molecule has 1 fully saturated rings. The molecule has 0 aromatic heterocycles. The molecule has 1 heterocycles. The summed E-state index contributed by atoms with van der Waals surface area (Å²) < 4.78 is 0. The summed E-state index contributed by atoms with van der Waals surface area (Å²) in [7, 11) is 0. The predicted molar refractivity (Wildman–Crippen MR) is 80.2 cm³/mol. The molecule has 110 valence electrons. The highest BCUT2D eigenvalue weighted by Crippen LogP contribution is 2.27. The van der Waals surface area contributed by atoms with E-state index in [-0.39, 0.29) is 10.6 Å². The van der Waals surface area contributed by atoms with Crippen molar-refractivity contribution in [2.45, 2.75) is 32.9 Å². The van der Waals surface area contributed by atoms with Crippen LogP contribution in [-0.4, -0.2) is 35.5 Å². The van der Waals surface area contributed by atoms with Gasteiger partial charge < -0.3 is 5.32 Å². The molecular formula is C14H20ClN3O2. The van der Waals surface area contributed by atoms with Crippen molar-refractivity contribution in [1.29, 1.82) is 0 Å².